The molecule has 178 valence electrons. The molecule has 2 aromatic carbocycles. The number of carbonyl (C=O) groups is 3. The number of hydrogen-bond donors (Lipinski definition) is 4. The van der Waals surface area contributed by atoms with Gasteiger partial charge in [0.1, 0.15) is 6.04 Å². The molecular weight excluding hydrogens is 418 g/mol. The highest BCUT2D eigenvalue weighted by atomic mass is 16.5. The summed E-state index contributed by atoms with van der Waals surface area (Å²) in [6, 6.07) is 19.0. The van der Waals surface area contributed by atoms with Crippen molar-refractivity contribution in [2.45, 2.75) is 57.4 Å². The monoisotopic (exact) mass is 453 g/mol. The zero-order valence-corrected chi connectivity index (χ0v) is 19.3. The standard InChI is InChI=1S/C26H35N3O4/c1-27-26(32)23(18-21-15-9-5-10-16-21)28-25(31)22(19-24(30)29-33)17-11-3-2-6-12-20-13-7-4-8-14-20/h4-5,7-10,13-16,22-23,33H,2-3,6,11-12,17-19H2,1H3,(H,27,32)(H,28,31)(H,29,30)/t22-,23+/m1/s1. The molecule has 7 heteroatoms. The Morgan fingerprint density at radius 3 is 2.03 bits per heavy atom. The number of likely N-dealkylation sites (N-methyl/N-ethyl adjacent to an activating group) is 1. The van der Waals surface area contributed by atoms with E-state index in [9.17, 15) is 14.4 Å². The van der Waals surface area contributed by atoms with Gasteiger partial charge in [0.05, 0.1) is 0 Å². The van der Waals surface area contributed by atoms with Gasteiger partial charge in [-0.15, -0.1) is 0 Å². The fourth-order valence-corrected chi connectivity index (χ4v) is 3.84. The molecule has 2 rings (SSSR count). The highest BCUT2D eigenvalue weighted by Gasteiger charge is 2.26. The summed E-state index contributed by atoms with van der Waals surface area (Å²) < 4.78 is 0. The van der Waals surface area contributed by atoms with Gasteiger partial charge in [-0.25, -0.2) is 5.48 Å². The van der Waals surface area contributed by atoms with Crippen molar-refractivity contribution in [1.29, 1.82) is 0 Å². The van der Waals surface area contributed by atoms with Gasteiger partial charge in [-0.3, -0.25) is 19.6 Å². The number of carbonyl (C=O) groups excluding carboxylic acids is 3. The average Bonchev–Trinajstić information content (AvgIpc) is 2.85. The normalized spacial score (nSPS) is 12.4. The molecule has 4 N–H and O–H groups in total. The molecule has 0 bridgehead atoms. The Kier molecular flexibility index (Phi) is 11.7. The second-order valence-electron chi connectivity index (χ2n) is 8.24. The summed E-state index contributed by atoms with van der Waals surface area (Å²) in [7, 11) is 1.53. The Labute approximate surface area is 195 Å². The summed E-state index contributed by atoms with van der Waals surface area (Å²) in [5.74, 6) is -1.88. The Balaban J connectivity index is 1.88. The number of hydrogen-bond acceptors (Lipinski definition) is 4. The van der Waals surface area contributed by atoms with E-state index in [-0.39, 0.29) is 18.2 Å². The second kappa shape index (κ2) is 14.8. The van der Waals surface area contributed by atoms with Gasteiger partial charge in [-0.1, -0.05) is 79.9 Å². The van der Waals surface area contributed by atoms with Crippen LogP contribution in [0.5, 0.6) is 0 Å². The molecule has 33 heavy (non-hydrogen) atoms. The van der Waals surface area contributed by atoms with Gasteiger partial charge in [0.25, 0.3) is 0 Å². The molecule has 0 aliphatic carbocycles. The summed E-state index contributed by atoms with van der Waals surface area (Å²) in [5.41, 5.74) is 3.85. The summed E-state index contributed by atoms with van der Waals surface area (Å²) in [6.07, 6.45) is 5.58. The molecular formula is C26H35N3O4. The third-order valence-electron chi connectivity index (χ3n) is 5.70. The van der Waals surface area contributed by atoms with Gasteiger partial charge in [0.2, 0.25) is 17.7 Å². The van der Waals surface area contributed by atoms with Crippen LogP contribution in [0.1, 0.15) is 49.7 Å². The summed E-state index contributed by atoms with van der Waals surface area (Å²) >= 11 is 0. The molecule has 7 nitrogen and oxygen atoms in total. The molecule has 3 amide bonds. The SMILES string of the molecule is CNC(=O)[C@H](Cc1ccccc1)NC(=O)[C@H](CCCCCCc1ccccc1)CC(=O)NO. The first-order valence-corrected chi connectivity index (χ1v) is 11.6. The average molecular weight is 454 g/mol. The van der Waals surface area contributed by atoms with Crippen LogP contribution >= 0.6 is 0 Å². The van der Waals surface area contributed by atoms with E-state index in [1.54, 1.807) is 5.48 Å². The van der Waals surface area contributed by atoms with Crippen LogP contribution < -0.4 is 16.1 Å². The van der Waals surface area contributed by atoms with E-state index in [0.29, 0.717) is 12.8 Å². The van der Waals surface area contributed by atoms with Gasteiger partial charge in [0.15, 0.2) is 0 Å². The van der Waals surface area contributed by atoms with Crippen molar-refractivity contribution < 1.29 is 19.6 Å². The molecule has 0 aromatic heterocycles. The van der Waals surface area contributed by atoms with Crippen molar-refractivity contribution in [2.75, 3.05) is 7.05 Å². The molecule has 2 aromatic rings. The zero-order chi connectivity index (χ0) is 23.9. The summed E-state index contributed by atoms with van der Waals surface area (Å²) in [4.78, 5) is 37.1. The lowest BCUT2D eigenvalue weighted by Crippen LogP contribution is -2.49. The molecule has 0 radical (unpaired) electrons. The van der Waals surface area contributed by atoms with E-state index >= 15 is 0 Å². The minimum absolute atomic E-state index is 0.127. The van der Waals surface area contributed by atoms with Crippen molar-refractivity contribution in [2.24, 2.45) is 5.92 Å². The molecule has 0 saturated heterocycles. The fraction of sp³-hybridized carbons (Fsp3) is 0.423. The van der Waals surface area contributed by atoms with Crippen LogP contribution in [0.4, 0.5) is 0 Å². The quantitative estimate of drug-likeness (QED) is 0.200. The number of nitrogens with one attached hydrogen (secondary N) is 3. The minimum atomic E-state index is -0.740. The maximum atomic E-state index is 13.0. The predicted octanol–water partition coefficient (Wildman–Crippen LogP) is 3.16. The molecule has 0 saturated carbocycles. The van der Waals surface area contributed by atoms with E-state index < -0.39 is 17.9 Å². The largest absolute Gasteiger partial charge is 0.357 e. The molecule has 0 heterocycles. The number of unbranched alkanes of at least 4 members (excludes halogenated alkanes) is 3. The van der Waals surface area contributed by atoms with E-state index in [2.05, 4.69) is 22.8 Å². The van der Waals surface area contributed by atoms with Crippen LogP contribution in [0.25, 0.3) is 0 Å². The maximum Gasteiger partial charge on any atom is 0.244 e. The van der Waals surface area contributed by atoms with Crippen molar-refractivity contribution >= 4 is 17.7 Å². The predicted molar refractivity (Wildman–Crippen MR) is 127 cm³/mol. The van der Waals surface area contributed by atoms with Crippen LogP contribution in [0.2, 0.25) is 0 Å². The van der Waals surface area contributed by atoms with Crippen molar-refractivity contribution in [3.8, 4) is 0 Å². The fourth-order valence-electron chi connectivity index (χ4n) is 3.84. The second-order valence-corrected chi connectivity index (χ2v) is 8.24. The Morgan fingerprint density at radius 1 is 0.818 bits per heavy atom. The molecule has 0 fully saturated rings. The van der Waals surface area contributed by atoms with Crippen LogP contribution in [0.15, 0.2) is 60.7 Å². The molecule has 0 spiro atoms. The van der Waals surface area contributed by atoms with Crippen molar-refractivity contribution in [3.63, 3.8) is 0 Å². The van der Waals surface area contributed by atoms with Gasteiger partial charge in [-0.05, 0) is 30.4 Å². The van der Waals surface area contributed by atoms with Gasteiger partial charge in [-0.2, -0.15) is 0 Å². The molecule has 0 aliphatic heterocycles. The lowest BCUT2D eigenvalue weighted by atomic mass is 9.94. The topological polar surface area (TPSA) is 108 Å². The minimum Gasteiger partial charge on any atom is -0.357 e. The van der Waals surface area contributed by atoms with Gasteiger partial charge < -0.3 is 10.6 Å². The summed E-state index contributed by atoms with van der Waals surface area (Å²) in [5, 5.41) is 14.3. The third kappa shape index (κ3) is 9.87. The van der Waals surface area contributed by atoms with Crippen LogP contribution in [-0.4, -0.2) is 36.0 Å². The number of benzene rings is 2. The van der Waals surface area contributed by atoms with Crippen LogP contribution in [0, 0.1) is 5.92 Å². The number of amides is 3. The van der Waals surface area contributed by atoms with Crippen molar-refractivity contribution in [3.05, 3.63) is 71.8 Å². The first-order valence-electron chi connectivity index (χ1n) is 11.6. The third-order valence-corrected chi connectivity index (χ3v) is 5.70. The number of hydroxylamine groups is 1. The highest BCUT2D eigenvalue weighted by Crippen LogP contribution is 2.17. The maximum absolute atomic E-state index is 13.0. The molecule has 0 aliphatic rings. The van der Waals surface area contributed by atoms with Gasteiger partial charge >= 0.3 is 0 Å². The van der Waals surface area contributed by atoms with Crippen LogP contribution in [-0.2, 0) is 27.2 Å². The van der Waals surface area contributed by atoms with E-state index in [0.717, 1.165) is 37.7 Å². The van der Waals surface area contributed by atoms with E-state index in [4.69, 9.17) is 5.21 Å². The Bertz CT molecular complexity index is 858. The first kappa shape index (κ1) is 26.1. The zero-order valence-electron chi connectivity index (χ0n) is 19.3. The molecule has 2 atom stereocenters. The highest BCUT2D eigenvalue weighted by molar-refractivity contribution is 5.90. The van der Waals surface area contributed by atoms with Gasteiger partial charge in [0, 0.05) is 25.8 Å². The first-order chi connectivity index (χ1) is 16.0. The lowest BCUT2D eigenvalue weighted by Gasteiger charge is -2.22. The van der Waals surface area contributed by atoms with Crippen molar-refractivity contribution in [1.82, 2.24) is 16.1 Å². The summed E-state index contributed by atoms with van der Waals surface area (Å²) in [6.45, 7) is 0. The van der Waals surface area contributed by atoms with Crippen LogP contribution in [0.3, 0.4) is 0 Å². The Hall–Kier alpha value is -3.19. The van der Waals surface area contributed by atoms with E-state index in [1.807, 2.05) is 48.5 Å². The number of rotatable bonds is 14. The van der Waals surface area contributed by atoms with E-state index in [1.165, 1.54) is 12.6 Å². The number of aryl methyl sites for hydroxylation is 1. The smallest absolute Gasteiger partial charge is 0.244 e. The molecule has 0 unspecified atom stereocenters. The Morgan fingerprint density at radius 2 is 1.42 bits per heavy atom. The lowest BCUT2D eigenvalue weighted by molar-refractivity contribution is -0.136.